The van der Waals surface area contributed by atoms with E-state index in [1.54, 1.807) is 0 Å². The third-order valence-electron chi connectivity index (χ3n) is 5.70. The van der Waals surface area contributed by atoms with E-state index in [0.29, 0.717) is 6.07 Å². The highest BCUT2D eigenvalue weighted by Crippen LogP contribution is 2.46. The topological polar surface area (TPSA) is 150 Å². The summed E-state index contributed by atoms with van der Waals surface area (Å²) in [4.78, 5) is -3.86. The molecule has 0 saturated heterocycles. The standard InChI is InChI=1S/C22H13F9O10S3/c23-20(24,25)7-39-42(33,34)15-5-14(32)10-1-2-12-16(43(35,36)40-8-21(26,27)28)6-17(44(37,38)41-9-22(29,30)31)13-4-3-11(15)18(10)19(12)13/h1-6,32H,7-9H2. The summed E-state index contributed by atoms with van der Waals surface area (Å²) in [5.74, 6) is -0.986. The van der Waals surface area contributed by atoms with Crippen molar-refractivity contribution in [1.82, 2.24) is 0 Å². The van der Waals surface area contributed by atoms with E-state index in [0.717, 1.165) is 24.3 Å². The Morgan fingerprint density at radius 2 is 0.773 bits per heavy atom. The van der Waals surface area contributed by atoms with Crippen LogP contribution < -0.4 is 0 Å². The SMILES string of the molecule is O=S(=O)(OCC(F)(F)F)c1cc(O)c2ccc3c(S(=O)(=O)OCC(F)(F)F)cc(S(=O)(=O)OCC(F)(F)F)c4ccc1c2c34. The summed E-state index contributed by atoms with van der Waals surface area (Å²) in [6, 6.07) is 3.84. The molecule has 4 aromatic carbocycles. The van der Waals surface area contributed by atoms with Crippen molar-refractivity contribution in [3.05, 3.63) is 36.4 Å². The lowest BCUT2D eigenvalue weighted by molar-refractivity contribution is -0.153. The Bertz CT molecular complexity index is 2020. The first-order valence-corrected chi connectivity index (χ1v) is 15.4. The van der Waals surface area contributed by atoms with Crippen LogP contribution in [0.25, 0.3) is 32.3 Å². The third kappa shape index (κ3) is 6.88. The zero-order valence-corrected chi connectivity index (χ0v) is 23.3. The molecule has 0 amide bonds. The predicted octanol–water partition coefficient (Wildman–Crippen LogP) is 5.09. The Morgan fingerprint density at radius 1 is 0.500 bits per heavy atom. The van der Waals surface area contributed by atoms with E-state index in [9.17, 15) is 69.9 Å². The van der Waals surface area contributed by atoms with Crippen LogP contribution in [-0.4, -0.2) is 68.7 Å². The van der Waals surface area contributed by atoms with Gasteiger partial charge in [0.1, 0.15) is 20.4 Å². The number of phenols is 1. The van der Waals surface area contributed by atoms with Crippen LogP contribution in [0.1, 0.15) is 0 Å². The van der Waals surface area contributed by atoms with Gasteiger partial charge in [-0.1, -0.05) is 18.2 Å². The van der Waals surface area contributed by atoms with E-state index < -0.39 is 121 Å². The molecule has 0 radical (unpaired) electrons. The molecule has 1 N–H and O–H groups in total. The summed E-state index contributed by atoms with van der Waals surface area (Å²) in [6.07, 6.45) is -15.6. The minimum Gasteiger partial charge on any atom is -0.507 e. The van der Waals surface area contributed by atoms with Crippen molar-refractivity contribution in [2.24, 2.45) is 0 Å². The molecule has 0 saturated carbocycles. The molecule has 0 aliphatic heterocycles. The summed E-state index contributed by atoms with van der Waals surface area (Å²) in [5, 5.41) is 6.94. The number of alkyl halides is 9. The molecule has 0 aliphatic carbocycles. The van der Waals surface area contributed by atoms with Crippen LogP contribution in [0.3, 0.4) is 0 Å². The zero-order valence-electron chi connectivity index (χ0n) is 20.8. The van der Waals surface area contributed by atoms with Gasteiger partial charge in [-0.05, 0) is 12.1 Å². The lowest BCUT2D eigenvalue weighted by Gasteiger charge is -2.19. The van der Waals surface area contributed by atoms with Gasteiger partial charge in [0, 0.05) is 38.4 Å². The lowest BCUT2D eigenvalue weighted by Crippen LogP contribution is -2.22. The summed E-state index contributed by atoms with van der Waals surface area (Å²) in [5.41, 5.74) is 0. The molecule has 0 fully saturated rings. The fraction of sp³-hybridized carbons (Fsp3) is 0.273. The maximum absolute atomic E-state index is 12.9. The van der Waals surface area contributed by atoms with Crippen LogP contribution in [0.2, 0.25) is 0 Å². The van der Waals surface area contributed by atoms with Gasteiger partial charge in [-0.3, -0.25) is 12.5 Å². The number of aromatic hydroxyl groups is 1. The van der Waals surface area contributed by atoms with Crippen molar-refractivity contribution in [2.75, 3.05) is 19.8 Å². The molecule has 4 aromatic rings. The maximum atomic E-state index is 12.9. The molecular weight excluding hydrogens is 691 g/mol. The van der Waals surface area contributed by atoms with Gasteiger partial charge in [-0.15, -0.1) is 0 Å². The van der Waals surface area contributed by atoms with Crippen LogP contribution >= 0.6 is 0 Å². The number of hydrogen-bond acceptors (Lipinski definition) is 10. The molecular formula is C22H13F9O10S3. The van der Waals surface area contributed by atoms with Gasteiger partial charge >= 0.3 is 18.5 Å². The first-order chi connectivity index (χ1) is 19.8. The predicted molar refractivity (Wildman–Crippen MR) is 129 cm³/mol. The Hall–Kier alpha value is -3.18. The van der Waals surface area contributed by atoms with Gasteiger partial charge in [0.05, 0.1) is 0 Å². The van der Waals surface area contributed by atoms with E-state index in [1.165, 1.54) is 0 Å². The number of benzene rings is 4. The van der Waals surface area contributed by atoms with Crippen molar-refractivity contribution in [3.63, 3.8) is 0 Å². The minimum absolute atomic E-state index is 0.156. The van der Waals surface area contributed by atoms with E-state index in [2.05, 4.69) is 12.5 Å². The molecule has 10 nitrogen and oxygen atoms in total. The Morgan fingerprint density at radius 3 is 1.09 bits per heavy atom. The molecule has 0 atom stereocenters. The highest BCUT2D eigenvalue weighted by molar-refractivity contribution is 7.88. The van der Waals surface area contributed by atoms with Gasteiger partial charge in [0.25, 0.3) is 30.4 Å². The van der Waals surface area contributed by atoms with E-state index in [1.807, 2.05) is 0 Å². The highest BCUT2D eigenvalue weighted by atomic mass is 32.2. The lowest BCUT2D eigenvalue weighted by atomic mass is 9.94. The van der Waals surface area contributed by atoms with Gasteiger partial charge < -0.3 is 5.11 Å². The number of phenolic OH excluding ortho intramolecular Hbond substituents is 1. The number of halogens is 9. The Kier molecular flexibility index (Phi) is 8.21. The van der Waals surface area contributed by atoms with E-state index in [4.69, 9.17) is 0 Å². The highest BCUT2D eigenvalue weighted by Gasteiger charge is 2.37. The molecule has 0 heterocycles. The van der Waals surface area contributed by atoms with Gasteiger partial charge in [-0.25, -0.2) is 0 Å². The first kappa shape index (κ1) is 33.7. The van der Waals surface area contributed by atoms with Crippen LogP contribution in [0.15, 0.2) is 51.1 Å². The van der Waals surface area contributed by atoms with Crippen molar-refractivity contribution >= 4 is 62.7 Å². The van der Waals surface area contributed by atoms with Crippen LogP contribution in [0.5, 0.6) is 5.75 Å². The van der Waals surface area contributed by atoms with Crippen molar-refractivity contribution in [3.8, 4) is 5.75 Å². The molecule has 4 rings (SSSR count). The van der Waals surface area contributed by atoms with Gasteiger partial charge in [0.15, 0.2) is 19.8 Å². The quantitative estimate of drug-likeness (QED) is 0.142. The summed E-state index contributed by atoms with van der Waals surface area (Å²) in [6.45, 7) is -7.18. The van der Waals surface area contributed by atoms with Crippen molar-refractivity contribution in [1.29, 1.82) is 0 Å². The molecule has 22 heteroatoms. The molecule has 0 spiro atoms. The Labute approximate surface area is 240 Å². The first-order valence-electron chi connectivity index (χ1n) is 11.2. The largest absolute Gasteiger partial charge is 0.507 e. The summed E-state index contributed by atoms with van der Waals surface area (Å²) < 4.78 is 204. The summed E-state index contributed by atoms with van der Waals surface area (Å²) >= 11 is 0. The molecule has 0 aliphatic rings. The molecule has 242 valence electrons. The van der Waals surface area contributed by atoms with Crippen LogP contribution in [0.4, 0.5) is 39.5 Å². The van der Waals surface area contributed by atoms with Crippen molar-refractivity contribution in [2.45, 2.75) is 33.2 Å². The second-order valence-electron chi connectivity index (χ2n) is 8.83. The second kappa shape index (κ2) is 10.7. The monoisotopic (exact) mass is 704 g/mol. The fourth-order valence-corrected chi connectivity index (χ4v) is 7.54. The normalized spacial score (nSPS) is 14.3. The fourth-order valence-electron chi connectivity index (χ4n) is 4.12. The average molecular weight is 705 g/mol. The Balaban J connectivity index is 2.14. The van der Waals surface area contributed by atoms with Gasteiger partial charge in [0.2, 0.25) is 0 Å². The minimum atomic E-state index is -5.61. The molecule has 0 unspecified atom stereocenters. The van der Waals surface area contributed by atoms with E-state index >= 15 is 0 Å². The molecule has 0 bridgehead atoms. The van der Waals surface area contributed by atoms with Crippen molar-refractivity contribution < 1.29 is 82.4 Å². The van der Waals surface area contributed by atoms with Crippen LogP contribution in [0, 0.1) is 0 Å². The van der Waals surface area contributed by atoms with Crippen LogP contribution in [-0.2, 0) is 42.9 Å². The smallest absolute Gasteiger partial charge is 0.413 e. The van der Waals surface area contributed by atoms with E-state index in [-0.39, 0.29) is 6.07 Å². The number of rotatable bonds is 9. The zero-order chi connectivity index (χ0) is 33.3. The molecule has 44 heavy (non-hydrogen) atoms. The third-order valence-corrected chi connectivity index (χ3v) is 9.62. The average Bonchev–Trinajstić information content (AvgIpc) is 2.87. The summed E-state index contributed by atoms with van der Waals surface area (Å²) in [7, 11) is -16.6. The second-order valence-corrected chi connectivity index (χ2v) is 13.6. The van der Waals surface area contributed by atoms with Gasteiger partial charge in [-0.2, -0.15) is 64.8 Å². The molecule has 0 aromatic heterocycles. The number of hydrogen-bond donors (Lipinski definition) is 1. The maximum Gasteiger partial charge on any atom is 0.413 e.